The van der Waals surface area contributed by atoms with Gasteiger partial charge in [-0.25, -0.2) is 4.98 Å². The molecule has 0 aliphatic carbocycles. The third kappa shape index (κ3) is 3.09. The van der Waals surface area contributed by atoms with Gasteiger partial charge in [0.25, 0.3) is 0 Å². The normalized spacial score (nSPS) is 20.4. The van der Waals surface area contributed by atoms with Crippen LogP contribution in [0.4, 0.5) is 5.82 Å². The van der Waals surface area contributed by atoms with Gasteiger partial charge in [0.2, 0.25) is 0 Å². The molecule has 0 saturated carbocycles. The highest BCUT2D eigenvalue weighted by molar-refractivity contribution is 5.35. The largest absolute Gasteiger partial charge is 0.493 e. The summed E-state index contributed by atoms with van der Waals surface area (Å²) in [5.74, 6) is 2.09. The van der Waals surface area contributed by atoms with E-state index in [-0.39, 0.29) is 0 Å². The van der Waals surface area contributed by atoms with Gasteiger partial charge < -0.3 is 15.8 Å². The second-order valence-electron chi connectivity index (χ2n) is 3.91. The van der Waals surface area contributed by atoms with E-state index in [9.17, 15) is 0 Å². The zero-order chi connectivity index (χ0) is 10.5. The van der Waals surface area contributed by atoms with E-state index in [1.807, 2.05) is 6.07 Å². The summed E-state index contributed by atoms with van der Waals surface area (Å²) < 4.78 is 5.60. The number of ether oxygens (including phenoxy) is 1. The van der Waals surface area contributed by atoms with Crippen LogP contribution >= 0.6 is 0 Å². The molecule has 1 aromatic rings. The van der Waals surface area contributed by atoms with Crippen molar-refractivity contribution in [1.82, 2.24) is 10.3 Å². The van der Waals surface area contributed by atoms with Crippen LogP contribution in [0.3, 0.4) is 0 Å². The van der Waals surface area contributed by atoms with Crippen molar-refractivity contribution in [3.63, 3.8) is 0 Å². The van der Waals surface area contributed by atoms with Crippen LogP contribution in [0.2, 0.25) is 0 Å². The molecule has 0 amide bonds. The first-order valence-electron chi connectivity index (χ1n) is 5.39. The summed E-state index contributed by atoms with van der Waals surface area (Å²) in [5, 5.41) is 3.34. The van der Waals surface area contributed by atoms with E-state index < -0.39 is 0 Å². The van der Waals surface area contributed by atoms with Crippen LogP contribution in [0.1, 0.15) is 12.8 Å². The highest BCUT2D eigenvalue weighted by Gasteiger charge is 2.13. The highest BCUT2D eigenvalue weighted by atomic mass is 16.5. The number of anilines is 1. The van der Waals surface area contributed by atoms with Gasteiger partial charge in [0, 0.05) is 12.3 Å². The molecule has 3 N–H and O–H groups in total. The smallest absolute Gasteiger partial charge is 0.126 e. The molecule has 1 fully saturated rings. The number of rotatable bonds is 4. The Morgan fingerprint density at radius 2 is 2.53 bits per heavy atom. The number of aromatic nitrogens is 1. The molecule has 2 heterocycles. The first kappa shape index (κ1) is 10.2. The third-order valence-corrected chi connectivity index (χ3v) is 2.71. The molecule has 0 spiro atoms. The van der Waals surface area contributed by atoms with Crippen molar-refractivity contribution in [2.75, 3.05) is 25.4 Å². The first-order valence-corrected chi connectivity index (χ1v) is 5.39. The van der Waals surface area contributed by atoms with Crippen molar-refractivity contribution >= 4 is 5.82 Å². The fourth-order valence-corrected chi connectivity index (χ4v) is 1.82. The maximum absolute atomic E-state index is 5.60. The maximum Gasteiger partial charge on any atom is 0.126 e. The Hall–Kier alpha value is -1.29. The highest BCUT2D eigenvalue weighted by Crippen LogP contribution is 2.15. The molecule has 1 aromatic heterocycles. The topological polar surface area (TPSA) is 60.2 Å². The Morgan fingerprint density at radius 1 is 1.60 bits per heavy atom. The van der Waals surface area contributed by atoms with Crippen molar-refractivity contribution < 1.29 is 4.74 Å². The van der Waals surface area contributed by atoms with Crippen molar-refractivity contribution in [2.24, 2.45) is 5.92 Å². The van der Waals surface area contributed by atoms with Crippen LogP contribution in [0, 0.1) is 5.92 Å². The Kier molecular flexibility index (Phi) is 3.40. The van der Waals surface area contributed by atoms with Crippen molar-refractivity contribution in [3.05, 3.63) is 18.3 Å². The summed E-state index contributed by atoms with van der Waals surface area (Å²) in [4.78, 5) is 3.91. The molecular weight excluding hydrogens is 190 g/mol. The van der Waals surface area contributed by atoms with Crippen LogP contribution in [0.5, 0.6) is 5.75 Å². The Labute approximate surface area is 89.8 Å². The lowest BCUT2D eigenvalue weighted by Gasteiger charge is -2.09. The fraction of sp³-hybridized carbons (Fsp3) is 0.545. The zero-order valence-corrected chi connectivity index (χ0v) is 8.78. The van der Waals surface area contributed by atoms with E-state index >= 15 is 0 Å². The van der Waals surface area contributed by atoms with E-state index in [0.717, 1.165) is 37.8 Å². The molecule has 15 heavy (non-hydrogen) atoms. The van der Waals surface area contributed by atoms with Gasteiger partial charge in [-0.15, -0.1) is 0 Å². The summed E-state index contributed by atoms with van der Waals surface area (Å²) in [6.45, 7) is 3.03. The van der Waals surface area contributed by atoms with Crippen molar-refractivity contribution in [2.45, 2.75) is 12.8 Å². The fourth-order valence-electron chi connectivity index (χ4n) is 1.82. The van der Waals surface area contributed by atoms with Crippen LogP contribution in [-0.4, -0.2) is 24.7 Å². The third-order valence-electron chi connectivity index (χ3n) is 2.71. The van der Waals surface area contributed by atoms with Crippen LogP contribution in [-0.2, 0) is 0 Å². The molecule has 82 valence electrons. The van der Waals surface area contributed by atoms with E-state index in [1.165, 1.54) is 6.42 Å². The number of hydrogen-bond donors (Lipinski definition) is 2. The molecule has 2 rings (SSSR count). The van der Waals surface area contributed by atoms with Gasteiger partial charge in [-0.05, 0) is 37.9 Å². The first-order chi connectivity index (χ1) is 7.34. The number of nitrogens with one attached hydrogen (secondary N) is 1. The van der Waals surface area contributed by atoms with Gasteiger partial charge in [0.15, 0.2) is 0 Å². The Balaban J connectivity index is 1.73. The Morgan fingerprint density at radius 3 is 3.27 bits per heavy atom. The monoisotopic (exact) mass is 207 g/mol. The predicted molar refractivity (Wildman–Crippen MR) is 59.7 cm³/mol. The molecule has 1 unspecified atom stereocenters. The molecule has 0 bridgehead atoms. The van der Waals surface area contributed by atoms with Crippen LogP contribution in [0.15, 0.2) is 18.3 Å². The van der Waals surface area contributed by atoms with E-state index in [0.29, 0.717) is 5.82 Å². The molecule has 1 saturated heterocycles. The summed E-state index contributed by atoms with van der Waals surface area (Å²) in [5.41, 5.74) is 5.55. The number of pyridine rings is 1. The summed E-state index contributed by atoms with van der Waals surface area (Å²) in [7, 11) is 0. The maximum atomic E-state index is 5.60. The molecular formula is C11H17N3O. The standard InChI is InChI=1S/C11H17N3O/c12-11-7-10(2-5-14-11)15-6-3-9-1-4-13-8-9/h2,5,7,9,13H,1,3-4,6,8H2,(H2,12,14). The molecule has 4 heteroatoms. The lowest BCUT2D eigenvalue weighted by atomic mass is 10.1. The van der Waals surface area contributed by atoms with E-state index in [2.05, 4.69) is 10.3 Å². The van der Waals surface area contributed by atoms with Crippen molar-refractivity contribution in [1.29, 1.82) is 0 Å². The number of nitrogens with zero attached hydrogens (tertiary/aromatic N) is 1. The van der Waals surface area contributed by atoms with Gasteiger partial charge in [0.1, 0.15) is 11.6 Å². The minimum atomic E-state index is 0.509. The van der Waals surface area contributed by atoms with Gasteiger partial charge in [-0.1, -0.05) is 0 Å². The minimum Gasteiger partial charge on any atom is -0.493 e. The summed E-state index contributed by atoms with van der Waals surface area (Å²) in [6.07, 6.45) is 4.04. The van der Waals surface area contributed by atoms with E-state index in [1.54, 1.807) is 12.3 Å². The average molecular weight is 207 g/mol. The predicted octanol–water partition coefficient (Wildman–Crippen LogP) is 1.04. The molecule has 1 atom stereocenters. The quantitative estimate of drug-likeness (QED) is 0.774. The SMILES string of the molecule is Nc1cc(OCCC2CCNC2)ccn1. The summed E-state index contributed by atoms with van der Waals surface area (Å²) >= 11 is 0. The minimum absolute atomic E-state index is 0.509. The second kappa shape index (κ2) is 4.98. The van der Waals surface area contributed by atoms with Gasteiger partial charge >= 0.3 is 0 Å². The number of nitrogen functional groups attached to an aromatic ring is 1. The lowest BCUT2D eigenvalue weighted by Crippen LogP contribution is -2.11. The number of nitrogens with two attached hydrogens (primary N) is 1. The van der Waals surface area contributed by atoms with E-state index in [4.69, 9.17) is 10.5 Å². The Bertz CT molecular complexity index is 310. The van der Waals surface area contributed by atoms with Gasteiger partial charge in [0.05, 0.1) is 6.61 Å². The van der Waals surface area contributed by atoms with Crippen LogP contribution in [0.25, 0.3) is 0 Å². The number of hydrogen-bond acceptors (Lipinski definition) is 4. The van der Waals surface area contributed by atoms with Gasteiger partial charge in [-0.2, -0.15) is 0 Å². The molecule has 0 radical (unpaired) electrons. The van der Waals surface area contributed by atoms with Crippen LogP contribution < -0.4 is 15.8 Å². The molecule has 1 aliphatic rings. The molecule has 1 aliphatic heterocycles. The van der Waals surface area contributed by atoms with Crippen molar-refractivity contribution in [3.8, 4) is 5.75 Å². The molecule has 0 aromatic carbocycles. The second-order valence-corrected chi connectivity index (χ2v) is 3.91. The lowest BCUT2D eigenvalue weighted by molar-refractivity contribution is 0.283. The zero-order valence-electron chi connectivity index (χ0n) is 8.78. The van der Waals surface area contributed by atoms with Gasteiger partial charge in [-0.3, -0.25) is 0 Å². The molecule has 4 nitrogen and oxygen atoms in total. The average Bonchev–Trinajstić information content (AvgIpc) is 2.71. The summed E-state index contributed by atoms with van der Waals surface area (Å²) in [6, 6.07) is 3.59.